The van der Waals surface area contributed by atoms with E-state index in [2.05, 4.69) is 26.6 Å². The highest BCUT2D eigenvalue weighted by atomic mass is 79.9. The quantitative estimate of drug-likeness (QED) is 0.879. The Kier molecular flexibility index (Phi) is 3.69. The highest BCUT2D eigenvalue weighted by Crippen LogP contribution is 2.25. The summed E-state index contributed by atoms with van der Waals surface area (Å²) in [6, 6.07) is 4.68. The number of carbonyl (C=O) groups excluding carboxylic acids is 2. The van der Waals surface area contributed by atoms with E-state index in [1.54, 1.807) is 18.2 Å². The van der Waals surface area contributed by atoms with Crippen LogP contribution in [0, 0.1) is 0 Å². The molecule has 1 saturated heterocycles. The molecule has 1 fully saturated rings. The van der Waals surface area contributed by atoms with E-state index in [0.29, 0.717) is 28.0 Å². The van der Waals surface area contributed by atoms with Crippen LogP contribution >= 0.6 is 27.5 Å². The Morgan fingerprint density at radius 3 is 2.88 bits per heavy atom. The largest absolute Gasteiger partial charge is 0.344 e. The summed E-state index contributed by atoms with van der Waals surface area (Å²) in [6.45, 7) is 0. The summed E-state index contributed by atoms with van der Waals surface area (Å²) in [5.41, 5.74) is 0.646. The number of hydrogen-bond donors (Lipinski definition) is 2. The minimum Gasteiger partial charge on any atom is -0.344 e. The summed E-state index contributed by atoms with van der Waals surface area (Å²) in [5, 5.41) is 5.92. The van der Waals surface area contributed by atoms with Crippen LogP contribution in [-0.4, -0.2) is 17.9 Å². The smallest absolute Gasteiger partial charge is 0.246 e. The Hall–Kier alpha value is -1.07. The van der Waals surface area contributed by atoms with Crippen molar-refractivity contribution in [1.82, 2.24) is 5.32 Å². The number of carbonyl (C=O) groups is 2. The molecule has 1 aliphatic heterocycles. The fraction of sp³-hybridized carbons (Fsp3) is 0.273. The lowest BCUT2D eigenvalue weighted by molar-refractivity contribution is -0.122. The van der Waals surface area contributed by atoms with Gasteiger partial charge in [0.25, 0.3) is 0 Å². The highest BCUT2D eigenvalue weighted by Gasteiger charge is 2.27. The van der Waals surface area contributed by atoms with Gasteiger partial charge in [-0.1, -0.05) is 11.6 Å². The van der Waals surface area contributed by atoms with Crippen molar-refractivity contribution in [3.8, 4) is 0 Å². The Balaban J connectivity index is 2.03. The molecule has 1 aromatic rings. The molecule has 0 bridgehead atoms. The standard InChI is InChI=1S/C11H10BrClN2O2/c12-7-5-6(1-2-8(7)13)14-11(17)9-3-4-10(16)15-9/h1-2,5,9H,3-4H2,(H,14,17)(H,15,16)/t9-/m1/s1. The molecule has 6 heteroatoms. The molecular weight excluding hydrogens is 307 g/mol. The van der Waals surface area contributed by atoms with Gasteiger partial charge in [-0.05, 0) is 40.5 Å². The van der Waals surface area contributed by atoms with Crippen LogP contribution in [0.2, 0.25) is 5.02 Å². The predicted octanol–water partition coefficient (Wildman–Crippen LogP) is 2.32. The topological polar surface area (TPSA) is 58.2 Å². The average molecular weight is 318 g/mol. The fourth-order valence-corrected chi connectivity index (χ4v) is 2.11. The van der Waals surface area contributed by atoms with E-state index in [9.17, 15) is 9.59 Å². The highest BCUT2D eigenvalue weighted by molar-refractivity contribution is 9.10. The molecule has 90 valence electrons. The number of hydrogen-bond acceptors (Lipinski definition) is 2. The first-order chi connectivity index (χ1) is 8.06. The van der Waals surface area contributed by atoms with Crippen LogP contribution in [0.5, 0.6) is 0 Å². The van der Waals surface area contributed by atoms with Gasteiger partial charge in [-0.25, -0.2) is 0 Å². The zero-order chi connectivity index (χ0) is 12.4. The van der Waals surface area contributed by atoms with E-state index in [-0.39, 0.29) is 11.8 Å². The van der Waals surface area contributed by atoms with Crippen LogP contribution in [0.3, 0.4) is 0 Å². The zero-order valence-electron chi connectivity index (χ0n) is 8.80. The molecule has 17 heavy (non-hydrogen) atoms. The van der Waals surface area contributed by atoms with Crippen molar-refractivity contribution in [2.24, 2.45) is 0 Å². The summed E-state index contributed by atoms with van der Waals surface area (Å²) in [6.07, 6.45) is 0.946. The SMILES string of the molecule is O=C1CC[C@H](C(=O)Nc2ccc(Cl)c(Br)c2)N1. The summed E-state index contributed by atoms with van der Waals surface area (Å²) in [4.78, 5) is 22.8. The minimum absolute atomic E-state index is 0.0811. The van der Waals surface area contributed by atoms with Gasteiger partial charge < -0.3 is 10.6 Å². The van der Waals surface area contributed by atoms with E-state index in [4.69, 9.17) is 11.6 Å². The normalized spacial score (nSPS) is 18.9. The van der Waals surface area contributed by atoms with Crippen molar-refractivity contribution in [2.45, 2.75) is 18.9 Å². The van der Waals surface area contributed by atoms with E-state index >= 15 is 0 Å². The van der Waals surface area contributed by atoms with Gasteiger partial charge in [-0.2, -0.15) is 0 Å². The van der Waals surface area contributed by atoms with Gasteiger partial charge in [0.1, 0.15) is 6.04 Å². The minimum atomic E-state index is -0.433. The van der Waals surface area contributed by atoms with Crippen molar-refractivity contribution in [3.63, 3.8) is 0 Å². The van der Waals surface area contributed by atoms with Crippen LogP contribution in [0.4, 0.5) is 5.69 Å². The molecule has 0 saturated carbocycles. The lowest BCUT2D eigenvalue weighted by Crippen LogP contribution is -2.37. The second-order valence-electron chi connectivity index (χ2n) is 3.78. The van der Waals surface area contributed by atoms with Gasteiger partial charge in [0.15, 0.2) is 0 Å². The third kappa shape index (κ3) is 2.98. The maximum atomic E-state index is 11.8. The molecular formula is C11H10BrClN2O2. The third-order valence-electron chi connectivity index (χ3n) is 2.50. The van der Waals surface area contributed by atoms with Crippen LogP contribution in [0.15, 0.2) is 22.7 Å². The van der Waals surface area contributed by atoms with Gasteiger partial charge in [-0.3, -0.25) is 9.59 Å². The fourth-order valence-electron chi connectivity index (χ4n) is 1.61. The van der Waals surface area contributed by atoms with Gasteiger partial charge >= 0.3 is 0 Å². The summed E-state index contributed by atoms with van der Waals surface area (Å²) in [7, 11) is 0. The average Bonchev–Trinajstić information content (AvgIpc) is 2.70. The van der Waals surface area contributed by atoms with E-state index in [1.807, 2.05) is 0 Å². The molecule has 1 aliphatic rings. The summed E-state index contributed by atoms with van der Waals surface area (Å²) < 4.78 is 0.715. The second-order valence-corrected chi connectivity index (χ2v) is 5.04. The molecule has 2 amide bonds. The number of amides is 2. The van der Waals surface area contributed by atoms with Gasteiger partial charge in [0.05, 0.1) is 5.02 Å². The molecule has 0 aromatic heterocycles. The lowest BCUT2D eigenvalue weighted by Gasteiger charge is -2.11. The van der Waals surface area contributed by atoms with Crippen molar-refractivity contribution in [2.75, 3.05) is 5.32 Å². The Bertz CT molecular complexity index is 479. The van der Waals surface area contributed by atoms with Crippen molar-refractivity contribution >= 4 is 45.0 Å². The number of anilines is 1. The number of benzene rings is 1. The Labute approximate surface area is 112 Å². The van der Waals surface area contributed by atoms with Crippen molar-refractivity contribution < 1.29 is 9.59 Å². The van der Waals surface area contributed by atoms with E-state index in [1.165, 1.54) is 0 Å². The lowest BCUT2D eigenvalue weighted by atomic mass is 10.2. The van der Waals surface area contributed by atoms with Crippen molar-refractivity contribution in [3.05, 3.63) is 27.7 Å². The molecule has 1 heterocycles. The van der Waals surface area contributed by atoms with Crippen LogP contribution < -0.4 is 10.6 Å². The van der Waals surface area contributed by atoms with Crippen molar-refractivity contribution in [1.29, 1.82) is 0 Å². The molecule has 4 nitrogen and oxygen atoms in total. The number of rotatable bonds is 2. The molecule has 1 atom stereocenters. The molecule has 2 rings (SSSR count). The molecule has 0 radical (unpaired) electrons. The zero-order valence-corrected chi connectivity index (χ0v) is 11.1. The molecule has 1 aromatic carbocycles. The van der Waals surface area contributed by atoms with Crippen LogP contribution in [0.1, 0.15) is 12.8 Å². The summed E-state index contributed by atoms with van der Waals surface area (Å²) >= 11 is 9.12. The maximum absolute atomic E-state index is 11.8. The number of halogens is 2. The maximum Gasteiger partial charge on any atom is 0.246 e. The van der Waals surface area contributed by atoms with Gasteiger partial charge in [0.2, 0.25) is 11.8 Å². The monoisotopic (exact) mass is 316 g/mol. The van der Waals surface area contributed by atoms with E-state index in [0.717, 1.165) is 0 Å². The van der Waals surface area contributed by atoms with E-state index < -0.39 is 6.04 Å². The molecule has 2 N–H and O–H groups in total. The van der Waals surface area contributed by atoms with Crippen LogP contribution in [0.25, 0.3) is 0 Å². The first kappa shape index (κ1) is 12.4. The molecule has 0 unspecified atom stereocenters. The Morgan fingerprint density at radius 1 is 1.53 bits per heavy atom. The predicted molar refractivity (Wildman–Crippen MR) is 68.9 cm³/mol. The summed E-state index contributed by atoms with van der Waals surface area (Å²) in [5.74, 6) is -0.285. The molecule has 0 aliphatic carbocycles. The second kappa shape index (κ2) is 5.06. The first-order valence-corrected chi connectivity index (χ1v) is 6.28. The Morgan fingerprint density at radius 2 is 2.29 bits per heavy atom. The van der Waals surface area contributed by atoms with Crippen LogP contribution in [-0.2, 0) is 9.59 Å². The van der Waals surface area contributed by atoms with Gasteiger partial charge in [0, 0.05) is 16.6 Å². The third-order valence-corrected chi connectivity index (χ3v) is 3.71. The number of nitrogens with one attached hydrogen (secondary N) is 2. The molecule has 0 spiro atoms. The first-order valence-electron chi connectivity index (χ1n) is 5.11. The van der Waals surface area contributed by atoms with Gasteiger partial charge in [-0.15, -0.1) is 0 Å².